The summed E-state index contributed by atoms with van der Waals surface area (Å²) in [5, 5.41) is 7.00. The van der Waals surface area contributed by atoms with Crippen molar-refractivity contribution in [3.8, 4) is 5.95 Å². The predicted molar refractivity (Wildman–Crippen MR) is 65.7 cm³/mol. The topological polar surface area (TPSA) is 100 Å². The summed E-state index contributed by atoms with van der Waals surface area (Å²) < 4.78 is 38.5. The van der Waals surface area contributed by atoms with Crippen LogP contribution in [0.5, 0.6) is 5.95 Å². The Bertz CT molecular complexity index is 423. The van der Waals surface area contributed by atoms with Gasteiger partial charge in [-0.25, -0.2) is 0 Å². The summed E-state index contributed by atoms with van der Waals surface area (Å²) in [6.07, 6.45) is 0. The summed E-state index contributed by atoms with van der Waals surface area (Å²) in [7, 11) is -3.51. The molecule has 2 N–H and O–H groups in total. The Balaban J connectivity index is 0.00000137. The molecule has 1 aromatic heterocycles. The van der Waals surface area contributed by atoms with Gasteiger partial charge < -0.3 is 13.7 Å². The van der Waals surface area contributed by atoms with Gasteiger partial charge in [-0.05, 0) is 19.2 Å². The number of hydrogen-bond acceptors (Lipinski definition) is 6. The second-order valence-electron chi connectivity index (χ2n) is 3.19. The van der Waals surface area contributed by atoms with Crippen molar-refractivity contribution in [2.75, 3.05) is 20.2 Å². The van der Waals surface area contributed by atoms with Crippen molar-refractivity contribution in [2.45, 2.75) is 20.4 Å². The van der Waals surface area contributed by atoms with Gasteiger partial charge in [0.1, 0.15) is 5.76 Å². The van der Waals surface area contributed by atoms with E-state index in [0.29, 0.717) is 12.3 Å². The van der Waals surface area contributed by atoms with Crippen LogP contribution in [0, 0.1) is 0 Å². The Labute approximate surface area is 107 Å². The number of aliphatic hydroxyl groups is 1. The van der Waals surface area contributed by atoms with E-state index >= 15 is 0 Å². The molecule has 0 atom stereocenters. The van der Waals surface area contributed by atoms with Gasteiger partial charge in [0, 0.05) is 13.2 Å². The summed E-state index contributed by atoms with van der Waals surface area (Å²) in [6, 6.07) is 2.96. The van der Waals surface area contributed by atoms with Crippen LogP contribution in [-0.4, -0.2) is 43.2 Å². The molecule has 0 amide bonds. The van der Waals surface area contributed by atoms with Crippen molar-refractivity contribution in [3.63, 3.8) is 0 Å². The van der Waals surface area contributed by atoms with Gasteiger partial charge in [-0.15, -0.1) is 0 Å². The van der Waals surface area contributed by atoms with E-state index < -0.39 is 10.4 Å². The maximum absolute atomic E-state index is 10.4. The molecule has 0 spiro atoms. The molecule has 8 heteroatoms. The third-order valence-corrected chi connectivity index (χ3v) is 2.47. The lowest BCUT2D eigenvalue weighted by atomic mass is 10.4. The average Bonchev–Trinajstić information content (AvgIpc) is 2.73. The molecule has 7 nitrogen and oxygen atoms in total. The highest BCUT2D eigenvalue weighted by Crippen LogP contribution is 2.18. The van der Waals surface area contributed by atoms with E-state index in [1.54, 1.807) is 6.07 Å². The zero-order valence-electron chi connectivity index (χ0n) is 10.7. The van der Waals surface area contributed by atoms with E-state index in [-0.39, 0.29) is 5.95 Å². The van der Waals surface area contributed by atoms with Crippen LogP contribution >= 0.6 is 0 Å². The molecule has 0 aromatic carbocycles. The number of nitrogens with zero attached hydrogens (tertiary/aromatic N) is 1. The van der Waals surface area contributed by atoms with Crippen molar-refractivity contribution in [1.82, 2.24) is 4.90 Å². The number of rotatable bonds is 6. The largest absolute Gasteiger partial charge is 0.449 e. The molecule has 0 saturated heterocycles. The molecule has 1 rings (SSSR count). The van der Waals surface area contributed by atoms with Gasteiger partial charge in [-0.1, -0.05) is 13.8 Å². The van der Waals surface area contributed by atoms with Crippen LogP contribution in [0.4, 0.5) is 0 Å². The van der Waals surface area contributed by atoms with Crippen molar-refractivity contribution < 1.29 is 26.7 Å². The van der Waals surface area contributed by atoms with Crippen LogP contribution in [-0.2, 0) is 16.9 Å². The van der Waals surface area contributed by atoms with E-state index in [4.69, 9.17) is 14.1 Å². The Hall–Kier alpha value is -1.09. The van der Waals surface area contributed by atoms with Gasteiger partial charge in [0.25, 0.3) is 0 Å². The molecule has 0 aliphatic carbocycles. The molecule has 0 radical (unpaired) electrons. The van der Waals surface area contributed by atoms with Crippen LogP contribution < -0.4 is 4.18 Å². The molecule has 1 aromatic rings. The quantitative estimate of drug-likeness (QED) is 0.747. The van der Waals surface area contributed by atoms with E-state index in [9.17, 15) is 8.42 Å². The molecule has 106 valence electrons. The third kappa shape index (κ3) is 6.60. The summed E-state index contributed by atoms with van der Waals surface area (Å²) in [5.41, 5.74) is 0. The first kappa shape index (κ1) is 16.9. The second kappa shape index (κ2) is 8.09. The third-order valence-electron chi connectivity index (χ3n) is 2.10. The average molecular weight is 281 g/mol. The van der Waals surface area contributed by atoms with Crippen LogP contribution in [0.1, 0.15) is 19.6 Å². The fraction of sp³-hybridized carbons (Fsp3) is 0.600. The SMILES string of the molecule is CCN(CC)Cc1ccc(OS(=O)(=O)O)o1.CO. The molecule has 0 bridgehead atoms. The van der Waals surface area contributed by atoms with E-state index in [0.717, 1.165) is 20.2 Å². The fourth-order valence-corrected chi connectivity index (χ4v) is 1.56. The Morgan fingerprint density at radius 2 is 1.83 bits per heavy atom. The van der Waals surface area contributed by atoms with Crippen LogP contribution in [0.15, 0.2) is 16.5 Å². The Kier molecular flexibility index (Phi) is 7.60. The second-order valence-corrected chi connectivity index (χ2v) is 4.22. The fourth-order valence-electron chi connectivity index (χ4n) is 1.26. The minimum atomic E-state index is -4.51. The Morgan fingerprint density at radius 3 is 2.28 bits per heavy atom. The van der Waals surface area contributed by atoms with E-state index in [1.807, 2.05) is 13.8 Å². The summed E-state index contributed by atoms with van der Waals surface area (Å²) in [4.78, 5) is 2.09. The van der Waals surface area contributed by atoms with Crippen molar-refractivity contribution >= 4 is 10.4 Å². The van der Waals surface area contributed by atoms with Crippen LogP contribution in [0.3, 0.4) is 0 Å². The van der Waals surface area contributed by atoms with Crippen LogP contribution in [0.25, 0.3) is 0 Å². The first-order valence-corrected chi connectivity index (χ1v) is 6.73. The monoisotopic (exact) mass is 281 g/mol. The number of hydrogen-bond donors (Lipinski definition) is 2. The molecule has 0 saturated carbocycles. The smallest absolute Gasteiger partial charge is 0.429 e. The normalized spacial score (nSPS) is 11.0. The number of furan rings is 1. The van der Waals surface area contributed by atoms with Gasteiger partial charge in [0.2, 0.25) is 0 Å². The lowest BCUT2D eigenvalue weighted by Gasteiger charge is -2.15. The maximum atomic E-state index is 10.4. The molecule has 0 unspecified atom stereocenters. The standard InChI is InChI=1S/C9H15NO5S.CH4O/c1-3-10(4-2)7-8-5-6-9(14-8)15-16(11,12)13;1-2/h5-6H,3-4,7H2,1-2H3,(H,11,12,13);2H,1H3. The molecule has 0 aliphatic heterocycles. The number of aliphatic hydroxyl groups excluding tert-OH is 1. The highest BCUT2D eigenvalue weighted by molar-refractivity contribution is 7.81. The van der Waals surface area contributed by atoms with Crippen molar-refractivity contribution in [2.24, 2.45) is 0 Å². The minimum Gasteiger partial charge on any atom is -0.429 e. The first-order valence-electron chi connectivity index (χ1n) is 5.37. The molecular formula is C10H19NO6S. The highest BCUT2D eigenvalue weighted by atomic mass is 32.3. The van der Waals surface area contributed by atoms with E-state index in [1.165, 1.54) is 6.07 Å². The summed E-state index contributed by atoms with van der Waals surface area (Å²) in [6.45, 7) is 6.34. The highest BCUT2D eigenvalue weighted by Gasteiger charge is 2.12. The summed E-state index contributed by atoms with van der Waals surface area (Å²) in [5.74, 6) is 0.354. The lowest BCUT2D eigenvalue weighted by Crippen LogP contribution is -2.21. The predicted octanol–water partition coefficient (Wildman–Crippen LogP) is 0.911. The van der Waals surface area contributed by atoms with Crippen molar-refractivity contribution in [1.29, 1.82) is 0 Å². The molecule has 0 fully saturated rings. The zero-order valence-corrected chi connectivity index (χ0v) is 11.5. The molecule has 18 heavy (non-hydrogen) atoms. The molecular weight excluding hydrogens is 262 g/mol. The maximum Gasteiger partial charge on any atom is 0.449 e. The lowest BCUT2D eigenvalue weighted by molar-refractivity contribution is 0.255. The Morgan fingerprint density at radius 1 is 1.28 bits per heavy atom. The van der Waals surface area contributed by atoms with E-state index in [2.05, 4.69) is 9.08 Å². The minimum absolute atomic E-state index is 0.232. The first-order chi connectivity index (χ1) is 8.44. The zero-order chi connectivity index (χ0) is 14.2. The molecule has 0 aliphatic rings. The van der Waals surface area contributed by atoms with Gasteiger partial charge in [0.15, 0.2) is 0 Å². The van der Waals surface area contributed by atoms with Gasteiger partial charge in [0.05, 0.1) is 6.54 Å². The molecule has 1 heterocycles. The summed E-state index contributed by atoms with van der Waals surface area (Å²) >= 11 is 0. The van der Waals surface area contributed by atoms with Crippen LogP contribution in [0.2, 0.25) is 0 Å². The van der Waals surface area contributed by atoms with Crippen molar-refractivity contribution in [3.05, 3.63) is 17.9 Å². The van der Waals surface area contributed by atoms with Gasteiger partial charge >= 0.3 is 16.3 Å². The van der Waals surface area contributed by atoms with Gasteiger partial charge in [-0.2, -0.15) is 8.42 Å². The van der Waals surface area contributed by atoms with Gasteiger partial charge in [-0.3, -0.25) is 9.45 Å².